The minimum absolute atomic E-state index is 0.333. The molecule has 0 radical (unpaired) electrons. The minimum Gasteiger partial charge on any atom is -0.506 e. The summed E-state index contributed by atoms with van der Waals surface area (Å²) in [4.78, 5) is 0. The van der Waals surface area contributed by atoms with E-state index in [1.54, 1.807) is 0 Å². The number of benzene rings is 2. The number of rotatable bonds is 0. The Morgan fingerprint density at radius 2 is 1.86 bits per heavy atom. The molecule has 0 aliphatic carbocycles. The molecule has 0 saturated carbocycles. The van der Waals surface area contributed by atoms with Crippen molar-refractivity contribution in [2.45, 2.75) is 13.8 Å². The Morgan fingerprint density at radius 3 is 2.57 bits per heavy atom. The lowest BCUT2D eigenvalue weighted by Gasteiger charge is -2.07. The van der Waals surface area contributed by atoms with Gasteiger partial charge in [-0.2, -0.15) is 0 Å². The average molecular weight is 251 g/mol. The molecule has 1 nitrogen and oxygen atoms in total. The van der Waals surface area contributed by atoms with Crippen molar-refractivity contribution < 1.29 is 5.11 Å². The number of aromatic hydroxyl groups is 1. The second-order valence-electron chi connectivity index (χ2n) is 3.58. The Balaban J connectivity index is 2.95. The smallest absolute Gasteiger partial charge is 0.137 e. The van der Waals surface area contributed by atoms with Gasteiger partial charge in [0.2, 0.25) is 0 Å². The van der Waals surface area contributed by atoms with E-state index in [-0.39, 0.29) is 0 Å². The van der Waals surface area contributed by atoms with Crippen molar-refractivity contribution >= 4 is 26.7 Å². The molecule has 0 aliphatic rings. The summed E-state index contributed by atoms with van der Waals surface area (Å²) >= 11 is 3.32. The lowest BCUT2D eigenvalue weighted by Crippen LogP contribution is -1.83. The van der Waals surface area contributed by atoms with E-state index in [1.807, 2.05) is 19.1 Å². The number of halogens is 1. The van der Waals surface area contributed by atoms with Crippen molar-refractivity contribution in [3.8, 4) is 5.75 Å². The van der Waals surface area contributed by atoms with Crippen molar-refractivity contribution in [2.24, 2.45) is 0 Å². The van der Waals surface area contributed by atoms with E-state index in [4.69, 9.17) is 0 Å². The summed E-state index contributed by atoms with van der Waals surface area (Å²) in [6.45, 7) is 4.08. The highest BCUT2D eigenvalue weighted by Crippen LogP contribution is 2.34. The van der Waals surface area contributed by atoms with Crippen LogP contribution in [-0.2, 0) is 0 Å². The van der Waals surface area contributed by atoms with E-state index >= 15 is 0 Å². The van der Waals surface area contributed by atoms with Gasteiger partial charge in [0.25, 0.3) is 0 Å². The number of fused-ring (bicyclic) bond motifs is 1. The summed E-state index contributed by atoms with van der Waals surface area (Å²) in [5, 5.41) is 11.9. The van der Waals surface area contributed by atoms with E-state index in [0.29, 0.717) is 5.75 Å². The molecule has 14 heavy (non-hydrogen) atoms. The Hall–Kier alpha value is -1.02. The monoisotopic (exact) mass is 250 g/mol. The third-order valence-electron chi connectivity index (χ3n) is 2.38. The van der Waals surface area contributed by atoms with Crippen LogP contribution >= 0.6 is 15.9 Å². The highest BCUT2D eigenvalue weighted by atomic mass is 79.9. The van der Waals surface area contributed by atoms with Gasteiger partial charge in [0.1, 0.15) is 5.75 Å². The van der Waals surface area contributed by atoms with Crippen molar-refractivity contribution in [3.05, 3.63) is 39.9 Å². The predicted octanol–water partition coefficient (Wildman–Crippen LogP) is 3.92. The lowest BCUT2D eigenvalue weighted by molar-refractivity contribution is 0.478. The van der Waals surface area contributed by atoms with Gasteiger partial charge in [0.15, 0.2) is 0 Å². The predicted molar refractivity (Wildman–Crippen MR) is 62.8 cm³/mol. The zero-order valence-corrected chi connectivity index (χ0v) is 9.72. The molecule has 0 bridgehead atoms. The molecule has 2 rings (SSSR count). The molecule has 0 unspecified atom stereocenters. The van der Waals surface area contributed by atoms with Gasteiger partial charge in [-0.05, 0) is 46.8 Å². The summed E-state index contributed by atoms with van der Waals surface area (Å²) in [6, 6.07) is 8.04. The average Bonchev–Trinajstić information content (AvgIpc) is 2.10. The van der Waals surface area contributed by atoms with Crippen LogP contribution in [0, 0.1) is 13.8 Å². The van der Waals surface area contributed by atoms with Gasteiger partial charge in [-0.25, -0.2) is 0 Å². The molecule has 0 aromatic heterocycles. The molecule has 1 N–H and O–H groups in total. The van der Waals surface area contributed by atoms with Crippen molar-refractivity contribution in [1.29, 1.82) is 0 Å². The SMILES string of the molecule is Cc1cc(C)c2c(O)c(Br)ccc2c1. The summed E-state index contributed by atoms with van der Waals surface area (Å²) in [5.41, 5.74) is 2.33. The third kappa shape index (κ3) is 1.40. The largest absolute Gasteiger partial charge is 0.506 e. The van der Waals surface area contributed by atoms with Gasteiger partial charge >= 0.3 is 0 Å². The second kappa shape index (κ2) is 3.28. The number of aryl methyl sites for hydroxylation is 2. The number of phenolic OH excluding ortho intramolecular Hbond substituents is 1. The summed E-state index contributed by atoms with van der Waals surface area (Å²) in [5.74, 6) is 0.333. The van der Waals surface area contributed by atoms with Crippen LogP contribution in [0.5, 0.6) is 5.75 Å². The highest BCUT2D eigenvalue weighted by Gasteiger charge is 2.06. The van der Waals surface area contributed by atoms with Crippen molar-refractivity contribution in [1.82, 2.24) is 0 Å². The second-order valence-corrected chi connectivity index (χ2v) is 4.43. The Morgan fingerprint density at radius 1 is 1.14 bits per heavy atom. The molecular formula is C12H11BrO. The number of phenols is 1. The van der Waals surface area contributed by atoms with Gasteiger partial charge in [-0.15, -0.1) is 0 Å². The maximum atomic E-state index is 9.88. The molecule has 0 spiro atoms. The maximum absolute atomic E-state index is 9.88. The molecule has 0 amide bonds. The standard InChI is InChI=1S/C12H11BrO/c1-7-5-8(2)11-9(6-7)3-4-10(13)12(11)14/h3-6,14H,1-2H3. The molecule has 0 saturated heterocycles. The Labute approximate surface area is 91.5 Å². The van der Waals surface area contributed by atoms with Gasteiger partial charge in [-0.1, -0.05) is 23.8 Å². The van der Waals surface area contributed by atoms with Crippen LogP contribution in [0.1, 0.15) is 11.1 Å². The Bertz CT molecular complexity index is 503. The highest BCUT2D eigenvalue weighted by molar-refractivity contribution is 9.10. The molecule has 0 fully saturated rings. The van der Waals surface area contributed by atoms with Gasteiger partial charge in [0.05, 0.1) is 4.47 Å². The first kappa shape index (κ1) is 9.53. The number of hydrogen-bond acceptors (Lipinski definition) is 1. The first-order chi connectivity index (χ1) is 6.59. The molecule has 2 aromatic carbocycles. The van der Waals surface area contributed by atoms with Crippen molar-refractivity contribution in [3.63, 3.8) is 0 Å². The molecule has 2 heteroatoms. The first-order valence-electron chi connectivity index (χ1n) is 4.48. The Kier molecular flexibility index (Phi) is 2.23. The fraction of sp³-hybridized carbons (Fsp3) is 0.167. The van der Waals surface area contributed by atoms with E-state index in [9.17, 15) is 5.11 Å². The molecule has 0 heterocycles. The van der Waals surface area contributed by atoms with Crippen LogP contribution in [0.25, 0.3) is 10.8 Å². The topological polar surface area (TPSA) is 20.2 Å². The van der Waals surface area contributed by atoms with Gasteiger partial charge in [-0.3, -0.25) is 0 Å². The van der Waals surface area contributed by atoms with E-state index in [2.05, 4.69) is 35.0 Å². The zero-order valence-electron chi connectivity index (χ0n) is 8.13. The van der Waals surface area contributed by atoms with Gasteiger partial charge in [0, 0.05) is 5.39 Å². The van der Waals surface area contributed by atoms with Crippen molar-refractivity contribution in [2.75, 3.05) is 0 Å². The fourth-order valence-corrected chi connectivity index (χ4v) is 2.15. The molecule has 2 aromatic rings. The van der Waals surface area contributed by atoms with Crippen LogP contribution in [-0.4, -0.2) is 5.11 Å². The van der Waals surface area contributed by atoms with E-state index < -0.39 is 0 Å². The van der Waals surface area contributed by atoms with Crippen LogP contribution in [0.2, 0.25) is 0 Å². The first-order valence-corrected chi connectivity index (χ1v) is 5.27. The van der Waals surface area contributed by atoms with Crippen LogP contribution in [0.4, 0.5) is 0 Å². The third-order valence-corrected chi connectivity index (χ3v) is 3.02. The molecule has 72 valence electrons. The minimum atomic E-state index is 0.333. The van der Waals surface area contributed by atoms with E-state index in [0.717, 1.165) is 20.8 Å². The summed E-state index contributed by atoms with van der Waals surface area (Å²) in [7, 11) is 0. The summed E-state index contributed by atoms with van der Waals surface area (Å²) in [6.07, 6.45) is 0. The fourth-order valence-electron chi connectivity index (χ4n) is 1.82. The van der Waals surface area contributed by atoms with Crippen LogP contribution in [0.3, 0.4) is 0 Å². The molecule has 0 atom stereocenters. The van der Waals surface area contributed by atoms with Gasteiger partial charge < -0.3 is 5.11 Å². The van der Waals surface area contributed by atoms with E-state index in [1.165, 1.54) is 5.56 Å². The molecular weight excluding hydrogens is 240 g/mol. The lowest BCUT2D eigenvalue weighted by atomic mass is 10.0. The maximum Gasteiger partial charge on any atom is 0.137 e. The number of hydrogen-bond donors (Lipinski definition) is 1. The van der Waals surface area contributed by atoms with Crippen LogP contribution in [0.15, 0.2) is 28.7 Å². The quantitative estimate of drug-likeness (QED) is 0.752. The molecule has 0 aliphatic heterocycles. The normalized spacial score (nSPS) is 10.8. The summed E-state index contributed by atoms with van der Waals surface area (Å²) < 4.78 is 0.747. The van der Waals surface area contributed by atoms with Crippen LogP contribution < -0.4 is 0 Å². The zero-order chi connectivity index (χ0) is 10.3.